The van der Waals surface area contributed by atoms with E-state index in [1.54, 1.807) is 7.05 Å². The molecule has 6 nitrogen and oxygen atoms in total. The summed E-state index contributed by atoms with van der Waals surface area (Å²) >= 11 is 0. The lowest BCUT2D eigenvalue weighted by atomic mass is 10.2. The van der Waals surface area contributed by atoms with Crippen LogP contribution in [0.4, 0.5) is 0 Å². The predicted molar refractivity (Wildman–Crippen MR) is 97.4 cm³/mol. The van der Waals surface area contributed by atoms with E-state index in [1.807, 2.05) is 49.4 Å². The summed E-state index contributed by atoms with van der Waals surface area (Å²) in [6, 6.07) is 13.9. The van der Waals surface area contributed by atoms with E-state index in [4.69, 9.17) is 14.2 Å². The lowest BCUT2D eigenvalue weighted by Gasteiger charge is -2.13. The summed E-state index contributed by atoms with van der Waals surface area (Å²) in [5.41, 5.74) is 2.29. The van der Waals surface area contributed by atoms with Crippen LogP contribution in [0.2, 0.25) is 0 Å². The number of benzene rings is 2. The SMILES string of the molecule is CN=C(NCCOc1cccc(C)c1)NCc1ccc2c(c1)OCO2. The van der Waals surface area contributed by atoms with Gasteiger partial charge in [0.1, 0.15) is 12.4 Å². The van der Waals surface area contributed by atoms with Gasteiger partial charge in [-0.25, -0.2) is 0 Å². The van der Waals surface area contributed by atoms with Crippen LogP contribution in [0, 0.1) is 6.92 Å². The molecule has 0 unspecified atom stereocenters. The molecule has 0 spiro atoms. The van der Waals surface area contributed by atoms with Crippen LogP contribution >= 0.6 is 0 Å². The highest BCUT2D eigenvalue weighted by Crippen LogP contribution is 2.32. The van der Waals surface area contributed by atoms with Gasteiger partial charge in [0.05, 0.1) is 6.54 Å². The second-order valence-electron chi connectivity index (χ2n) is 5.71. The Kier molecular flexibility index (Phi) is 5.61. The Hall–Kier alpha value is -2.89. The minimum absolute atomic E-state index is 0.288. The van der Waals surface area contributed by atoms with Crippen molar-refractivity contribution in [3.8, 4) is 17.2 Å². The molecule has 1 aliphatic heterocycles. The van der Waals surface area contributed by atoms with E-state index in [-0.39, 0.29) is 6.79 Å². The molecule has 0 saturated heterocycles. The van der Waals surface area contributed by atoms with Crippen LogP contribution < -0.4 is 24.8 Å². The van der Waals surface area contributed by atoms with Crippen molar-refractivity contribution in [3.63, 3.8) is 0 Å². The van der Waals surface area contributed by atoms with Gasteiger partial charge in [-0.2, -0.15) is 0 Å². The van der Waals surface area contributed by atoms with Crippen molar-refractivity contribution in [2.45, 2.75) is 13.5 Å². The number of nitrogens with one attached hydrogen (secondary N) is 2. The van der Waals surface area contributed by atoms with Crippen molar-refractivity contribution in [2.24, 2.45) is 4.99 Å². The zero-order valence-electron chi connectivity index (χ0n) is 14.5. The Labute approximate surface area is 147 Å². The Morgan fingerprint density at radius 2 is 2.00 bits per heavy atom. The van der Waals surface area contributed by atoms with Gasteiger partial charge in [0, 0.05) is 13.6 Å². The number of guanidine groups is 1. The highest BCUT2D eigenvalue weighted by Gasteiger charge is 2.13. The van der Waals surface area contributed by atoms with Crippen LogP contribution in [0.5, 0.6) is 17.2 Å². The minimum atomic E-state index is 0.288. The van der Waals surface area contributed by atoms with Gasteiger partial charge >= 0.3 is 0 Å². The fraction of sp³-hybridized carbons (Fsp3) is 0.316. The monoisotopic (exact) mass is 341 g/mol. The minimum Gasteiger partial charge on any atom is -0.492 e. The van der Waals surface area contributed by atoms with Crippen LogP contribution in [0.1, 0.15) is 11.1 Å². The summed E-state index contributed by atoms with van der Waals surface area (Å²) in [6.07, 6.45) is 0. The molecule has 2 aromatic carbocycles. The molecule has 0 bridgehead atoms. The van der Waals surface area contributed by atoms with E-state index in [0.29, 0.717) is 19.7 Å². The van der Waals surface area contributed by atoms with Crippen LogP contribution in [0.15, 0.2) is 47.5 Å². The van der Waals surface area contributed by atoms with E-state index in [1.165, 1.54) is 5.56 Å². The summed E-state index contributed by atoms with van der Waals surface area (Å²) in [5.74, 6) is 3.18. The molecule has 0 atom stereocenters. The Bertz CT molecular complexity index is 746. The molecule has 1 heterocycles. The number of rotatable bonds is 6. The molecule has 6 heteroatoms. The lowest BCUT2D eigenvalue weighted by molar-refractivity contribution is 0.174. The maximum atomic E-state index is 5.72. The molecular weight excluding hydrogens is 318 g/mol. The molecule has 1 aliphatic rings. The van der Waals surface area contributed by atoms with Gasteiger partial charge < -0.3 is 24.8 Å². The van der Waals surface area contributed by atoms with E-state index < -0.39 is 0 Å². The molecule has 25 heavy (non-hydrogen) atoms. The third-order valence-corrected chi connectivity index (χ3v) is 3.77. The summed E-state index contributed by atoms with van der Waals surface area (Å²) in [6.45, 7) is 4.21. The normalized spacial score (nSPS) is 12.8. The van der Waals surface area contributed by atoms with Crippen molar-refractivity contribution >= 4 is 5.96 Å². The molecule has 0 amide bonds. The summed E-state index contributed by atoms with van der Waals surface area (Å²) in [5, 5.41) is 6.51. The summed E-state index contributed by atoms with van der Waals surface area (Å²) in [7, 11) is 1.75. The molecule has 0 saturated carbocycles. The topological polar surface area (TPSA) is 64.1 Å². The Balaban J connectivity index is 1.41. The second-order valence-corrected chi connectivity index (χ2v) is 5.71. The van der Waals surface area contributed by atoms with Crippen molar-refractivity contribution in [2.75, 3.05) is 27.0 Å². The standard InChI is InChI=1S/C19H23N3O3/c1-14-4-3-5-16(10-14)23-9-8-21-19(20-2)22-12-15-6-7-17-18(11-15)25-13-24-17/h3-7,10-11H,8-9,12-13H2,1-2H3,(H2,20,21,22). The summed E-state index contributed by atoms with van der Waals surface area (Å²) < 4.78 is 16.4. The quantitative estimate of drug-likeness (QED) is 0.480. The Morgan fingerprint density at radius 1 is 1.12 bits per heavy atom. The van der Waals surface area contributed by atoms with E-state index in [9.17, 15) is 0 Å². The van der Waals surface area contributed by atoms with Crippen LogP contribution in [0.3, 0.4) is 0 Å². The number of fused-ring (bicyclic) bond motifs is 1. The zero-order valence-corrected chi connectivity index (χ0v) is 14.5. The van der Waals surface area contributed by atoms with E-state index >= 15 is 0 Å². The molecule has 0 aliphatic carbocycles. The second kappa shape index (κ2) is 8.28. The number of ether oxygens (including phenoxy) is 3. The fourth-order valence-electron chi connectivity index (χ4n) is 2.50. The number of hydrogen-bond acceptors (Lipinski definition) is 4. The smallest absolute Gasteiger partial charge is 0.231 e. The number of hydrogen-bond donors (Lipinski definition) is 2. The first-order chi connectivity index (χ1) is 12.2. The maximum absolute atomic E-state index is 5.72. The average molecular weight is 341 g/mol. The lowest BCUT2D eigenvalue weighted by Crippen LogP contribution is -2.38. The van der Waals surface area contributed by atoms with Crippen LogP contribution in [0.25, 0.3) is 0 Å². The van der Waals surface area contributed by atoms with Gasteiger partial charge in [-0.05, 0) is 42.3 Å². The number of nitrogens with zero attached hydrogens (tertiary/aromatic N) is 1. The van der Waals surface area contributed by atoms with Gasteiger partial charge in [0.25, 0.3) is 0 Å². The molecule has 2 aromatic rings. The van der Waals surface area contributed by atoms with E-state index in [0.717, 1.165) is 28.8 Å². The van der Waals surface area contributed by atoms with Gasteiger partial charge in [-0.3, -0.25) is 4.99 Å². The predicted octanol–water partition coefficient (Wildman–Crippen LogP) is 2.47. The van der Waals surface area contributed by atoms with Gasteiger partial charge in [0.2, 0.25) is 6.79 Å². The van der Waals surface area contributed by atoms with Crippen LogP contribution in [-0.4, -0.2) is 33.0 Å². The Morgan fingerprint density at radius 3 is 2.84 bits per heavy atom. The first-order valence-electron chi connectivity index (χ1n) is 8.27. The molecule has 2 N–H and O–H groups in total. The van der Waals surface area contributed by atoms with Crippen molar-refractivity contribution in [1.29, 1.82) is 0 Å². The molecule has 0 aromatic heterocycles. The van der Waals surface area contributed by atoms with Crippen molar-refractivity contribution < 1.29 is 14.2 Å². The molecule has 0 fully saturated rings. The van der Waals surface area contributed by atoms with Gasteiger partial charge in [0.15, 0.2) is 17.5 Å². The third kappa shape index (κ3) is 4.79. The highest BCUT2D eigenvalue weighted by molar-refractivity contribution is 5.79. The molecule has 3 rings (SSSR count). The molecule has 132 valence electrons. The first-order valence-corrected chi connectivity index (χ1v) is 8.27. The number of aliphatic imine (C=N–C) groups is 1. The van der Waals surface area contributed by atoms with Crippen molar-refractivity contribution in [3.05, 3.63) is 53.6 Å². The van der Waals surface area contributed by atoms with Gasteiger partial charge in [-0.1, -0.05) is 18.2 Å². The largest absolute Gasteiger partial charge is 0.492 e. The average Bonchev–Trinajstić information content (AvgIpc) is 3.09. The summed E-state index contributed by atoms with van der Waals surface area (Å²) in [4.78, 5) is 4.22. The maximum Gasteiger partial charge on any atom is 0.231 e. The van der Waals surface area contributed by atoms with Crippen molar-refractivity contribution in [1.82, 2.24) is 10.6 Å². The first kappa shape index (κ1) is 17.0. The number of aryl methyl sites for hydroxylation is 1. The van der Waals surface area contributed by atoms with Crippen LogP contribution in [-0.2, 0) is 6.54 Å². The van der Waals surface area contributed by atoms with Gasteiger partial charge in [-0.15, -0.1) is 0 Å². The third-order valence-electron chi connectivity index (χ3n) is 3.77. The molecular formula is C19H23N3O3. The zero-order chi connectivity index (χ0) is 17.5. The fourth-order valence-corrected chi connectivity index (χ4v) is 2.50. The van der Waals surface area contributed by atoms with E-state index in [2.05, 4.69) is 15.6 Å². The molecule has 0 radical (unpaired) electrons. The highest BCUT2D eigenvalue weighted by atomic mass is 16.7.